The Hall–Kier alpha value is -0.0995. The number of hydrogen-bond acceptors (Lipinski definition) is 1. The molecule has 0 saturated heterocycles. The van der Waals surface area contributed by atoms with E-state index < -0.39 is 0 Å². The quantitative estimate of drug-likeness (QED) is 0.159. The van der Waals surface area contributed by atoms with E-state index in [4.69, 9.17) is 0 Å². The molecule has 0 N–H and O–H groups in total. The monoisotopic (exact) mass is 883 g/mol. The maximum absolute atomic E-state index is 3.26. The minimum Gasteiger partial charge on any atom is -0.317 e. The molecule has 3 radical (unpaired) electrons. The molecule has 0 aliphatic heterocycles. The molecule has 199 valence electrons. The molecule has 0 aromatic heterocycles. The first-order valence-electron chi connectivity index (χ1n) is 13.1. The summed E-state index contributed by atoms with van der Waals surface area (Å²) in [5, 5.41) is 5.30. The number of benzene rings is 4. The van der Waals surface area contributed by atoms with Gasteiger partial charge in [-0.25, -0.2) is 29.0 Å². The van der Waals surface area contributed by atoms with Crippen LogP contribution in [-0.4, -0.2) is 4.40 Å². The summed E-state index contributed by atoms with van der Waals surface area (Å²) in [5.41, 5.74) is 11.5. The molecular formula is C35H36NVWY2-. The predicted octanol–water partition coefficient (Wildman–Crippen LogP) is 9.84. The molecule has 5 aromatic rings. The molecule has 0 spiro atoms. The zero-order valence-corrected chi connectivity index (χ0v) is 34.7. The zero-order valence-electron chi connectivity index (χ0n) is 24.7. The number of fused-ring (bicyclic) bond motifs is 3. The van der Waals surface area contributed by atoms with Gasteiger partial charge in [0, 0.05) is 82.5 Å². The van der Waals surface area contributed by atoms with Crippen molar-refractivity contribution in [2.75, 3.05) is 4.90 Å². The van der Waals surface area contributed by atoms with Crippen LogP contribution < -0.4 is 4.90 Å². The molecule has 0 atom stereocenters. The first-order valence-corrected chi connectivity index (χ1v) is 14.5. The van der Waals surface area contributed by atoms with E-state index in [-0.39, 0.29) is 84.0 Å². The second-order valence-electron chi connectivity index (χ2n) is 10.0. The van der Waals surface area contributed by atoms with E-state index in [1.54, 1.807) is 0 Å². The van der Waals surface area contributed by atoms with Crippen LogP contribution in [0.2, 0.25) is 0 Å². The predicted molar refractivity (Wildman–Crippen MR) is 159 cm³/mol. The van der Waals surface area contributed by atoms with Gasteiger partial charge in [0.15, 0.2) is 0 Å². The van der Waals surface area contributed by atoms with Crippen molar-refractivity contribution in [3.8, 4) is 0 Å². The Balaban J connectivity index is 0.000000923. The van der Waals surface area contributed by atoms with Crippen molar-refractivity contribution < 1.29 is 103 Å². The minimum atomic E-state index is 0. The van der Waals surface area contributed by atoms with Crippen molar-refractivity contribution in [2.24, 2.45) is 0 Å². The van der Waals surface area contributed by atoms with E-state index >= 15 is 0 Å². The molecule has 0 fully saturated rings. The van der Waals surface area contributed by atoms with Crippen LogP contribution in [0, 0.1) is 47.6 Å². The van der Waals surface area contributed by atoms with E-state index in [0.29, 0.717) is 0 Å². The van der Waals surface area contributed by atoms with Crippen LogP contribution in [0.1, 0.15) is 53.1 Å². The average molecular weight is 883 g/mol. The fourth-order valence-corrected chi connectivity index (χ4v) is 5.67. The summed E-state index contributed by atoms with van der Waals surface area (Å²) in [6.45, 7) is 15.4. The van der Waals surface area contributed by atoms with Gasteiger partial charge in [-0.15, -0.1) is 10.8 Å². The number of hydrogen-bond donors (Lipinski definition) is 0. The van der Waals surface area contributed by atoms with Gasteiger partial charge in [0.25, 0.3) is 0 Å². The molecule has 0 bridgehead atoms. The molecule has 5 heteroatoms. The van der Waals surface area contributed by atoms with Gasteiger partial charge in [0.05, 0.1) is 0 Å². The summed E-state index contributed by atoms with van der Waals surface area (Å²) in [6, 6.07) is 27.8. The molecule has 0 amide bonds. The number of anilines is 3. The molecule has 5 aromatic carbocycles. The van der Waals surface area contributed by atoms with E-state index in [1.165, 1.54) is 104 Å². The van der Waals surface area contributed by atoms with Crippen LogP contribution in [0.4, 0.5) is 17.1 Å². The summed E-state index contributed by atoms with van der Waals surface area (Å²) < 4.78 is 3.10. The number of unbranched alkanes of at least 4 members (excludes halogenated alkanes) is 1. The number of aryl methyl sites for hydroxylation is 6. The van der Waals surface area contributed by atoms with Crippen molar-refractivity contribution in [1.29, 1.82) is 0 Å². The van der Waals surface area contributed by atoms with Crippen LogP contribution in [0.3, 0.4) is 0 Å². The molecule has 5 rings (SSSR count). The Morgan fingerprint density at radius 2 is 1.30 bits per heavy atom. The van der Waals surface area contributed by atoms with Crippen LogP contribution in [0.5, 0.6) is 0 Å². The van der Waals surface area contributed by atoms with E-state index in [9.17, 15) is 0 Å². The summed E-state index contributed by atoms with van der Waals surface area (Å²) in [6.07, 6.45) is 2.43. The molecule has 0 heterocycles. The van der Waals surface area contributed by atoms with Gasteiger partial charge < -0.3 is 4.90 Å². The maximum Gasteiger partial charge on any atom is 2.00 e. The molecule has 0 aliphatic rings. The van der Waals surface area contributed by atoms with Crippen molar-refractivity contribution in [3.63, 3.8) is 0 Å². The largest absolute Gasteiger partial charge is 2.00 e. The number of rotatable bonds is 5. The smallest absolute Gasteiger partial charge is 0.317 e. The fraction of sp³-hybridized carbons (Fsp3) is 0.257. The van der Waals surface area contributed by atoms with Gasteiger partial charge in [0.1, 0.15) is 0 Å². The van der Waals surface area contributed by atoms with Gasteiger partial charge in [0.2, 0.25) is 0 Å². The summed E-state index contributed by atoms with van der Waals surface area (Å²) in [4.78, 5) is 2.40. The number of nitrogens with zero attached hydrogens (tertiary/aromatic N) is 1. The van der Waals surface area contributed by atoms with Crippen molar-refractivity contribution in [3.05, 3.63) is 106 Å². The Morgan fingerprint density at radius 3 is 1.77 bits per heavy atom. The van der Waals surface area contributed by atoms with Crippen molar-refractivity contribution in [1.82, 2.24) is 0 Å². The second kappa shape index (κ2) is 17.3. The third-order valence-electron chi connectivity index (χ3n) is 7.37. The van der Waals surface area contributed by atoms with Crippen molar-refractivity contribution in [2.45, 2.75) is 61.3 Å². The van der Waals surface area contributed by atoms with Crippen LogP contribution >= 0.6 is 0 Å². The Bertz CT molecular complexity index is 1540. The second-order valence-corrected chi connectivity index (χ2v) is 11.1. The van der Waals surface area contributed by atoms with Crippen LogP contribution in [-0.2, 0) is 103 Å². The van der Waals surface area contributed by atoms with Gasteiger partial charge in [-0.05, 0) is 81.1 Å². The SMILES string of the molecule is CCC[C-]=[W].Cc1ccc(N(c2ccc(C)c(C)c2)c2cc(C)c3c4cc[c-]cc4[c-](C)c3c2)cc1C.[V+2].[Y].[Y]. The normalized spacial score (nSPS) is 10.1. The summed E-state index contributed by atoms with van der Waals surface area (Å²) in [7, 11) is 0. The molecule has 0 unspecified atom stereocenters. The molecule has 40 heavy (non-hydrogen) atoms. The van der Waals surface area contributed by atoms with E-state index in [2.05, 4.69) is 124 Å². The van der Waals surface area contributed by atoms with Gasteiger partial charge >= 0.3 is 62.1 Å². The molecular weight excluding hydrogens is 847 g/mol. The topological polar surface area (TPSA) is 3.24 Å². The third-order valence-corrected chi connectivity index (χ3v) is 8.10. The standard InChI is InChI=1S/C31H29N.C4H7.V.W.2Y/c1-19-11-13-25(15-21(19)3)32(26-14-12-20(2)22(4)16-26)27-17-23(5)31-29-10-8-7-9-28(29)24(6)30(31)18-27;1-3-4-2;;;;/h8-18H,1-6H3;3-4H2,1H3;;;;/q-2;-1;+2;;;. The first kappa shape index (κ1) is 37.9. The van der Waals surface area contributed by atoms with Crippen LogP contribution in [0.15, 0.2) is 66.7 Å². The minimum absolute atomic E-state index is 0. The van der Waals surface area contributed by atoms with Gasteiger partial charge in [-0.2, -0.15) is 11.6 Å². The summed E-state index contributed by atoms with van der Waals surface area (Å²) in [5.74, 6) is 0. The van der Waals surface area contributed by atoms with Crippen molar-refractivity contribution >= 4 is 43.0 Å². The van der Waals surface area contributed by atoms with Gasteiger partial charge in [-0.3, -0.25) is 0 Å². The fourth-order valence-electron chi connectivity index (χ4n) is 4.93. The van der Waals surface area contributed by atoms with E-state index in [0.717, 1.165) is 0 Å². The first-order chi connectivity index (χ1) is 17.8. The maximum atomic E-state index is 3.26. The Morgan fingerprint density at radius 1 is 0.750 bits per heavy atom. The van der Waals surface area contributed by atoms with Crippen LogP contribution in [0.25, 0.3) is 21.5 Å². The summed E-state index contributed by atoms with van der Waals surface area (Å²) >= 11 is 1.47. The third kappa shape index (κ3) is 8.29. The van der Waals surface area contributed by atoms with E-state index in [1.807, 2.05) is 6.07 Å². The molecule has 0 saturated carbocycles. The molecule has 1 nitrogen and oxygen atoms in total. The average Bonchev–Trinajstić information content (AvgIpc) is 3.17. The van der Waals surface area contributed by atoms with Gasteiger partial charge in [-0.1, -0.05) is 36.8 Å². The zero-order chi connectivity index (χ0) is 26.7. The molecule has 0 aliphatic carbocycles. The Labute approximate surface area is 314 Å². The Kier molecular flexibility index (Phi) is 16.4.